The molecule has 3 heteroatoms. The Labute approximate surface area is 161 Å². The van der Waals surface area contributed by atoms with Crippen molar-refractivity contribution in [2.24, 2.45) is 0 Å². The van der Waals surface area contributed by atoms with Crippen LogP contribution < -0.4 is 0 Å². The molecule has 0 saturated carbocycles. The van der Waals surface area contributed by atoms with E-state index in [0.717, 1.165) is 24.8 Å². The molecule has 3 nitrogen and oxygen atoms in total. The topological polar surface area (TPSA) is 29.5 Å². The summed E-state index contributed by atoms with van der Waals surface area (Å²) in [5.41, 5.74) is 6.34. The molecular weight excluding hydrogens is 334 g/mol. The molecular formula is C24H27NO2. The Morgan fingerprint density at radius 1 is 1.07 bits per heavy atom. The predicted octanol–water partition coefficient (Wildman–Crippen LogP) is 5.65. The number of benzene rings is 2. The molecule has 27 heavy (non-hydrogen) atoms. The highest BCUT2D eigenvalue weighted by Crippen LogP contribution is 2.37. The van der Waals surface area contributed by atoms with Crippen molar-refractivity contribution in [1.29, 1.82) is 0 Å². The van der Waals surface area contributed by atoms with Crippen molar-refractivity contribution in [1.82, 2.24) is 4.90 Å². The maximum absolute atomic E-state index is 12.8. The van der Waals surface area contributed by atoms with E-state index in [4.69, 9.17) is 4.74 Å². The van der Waals surface area contributed by atoms with Gasteiger partial charge in [-0.2, -0.15) is 0 Å². The second-order valence-corrected chi connectivity index (χ2v) is 7.79. The highest BCUT2D eigenvalue weighted by molar-refractivity contribution is 5.74. The molecule has 1 amide bonds. The molecule has 2 bridgehead atoms. The number of amides is 1. The number of rotatable bonds is 3. The number of hydrogen-bond acceptors (Lipinski definition) is 2. The maximum atomic E-state index is 12.8. The number of fused-ring (bicyclic) bond motifs is 2. The average Bonchev–Trinajstić information content (AvgIpc) is 2.68. The van der Waals surface area contributed by atoms with E-state index in [-0.39, 0.29) is 18.2 Å². The molecule has 0 aromatic heterocycles. The van der Waals surface area contributed by atoms with Crippen molar-refractivity contribution in [2.45, 2.75) is 58.2 Å². The van der Waals surface area contributed by atoms with Gasteiger partial charge in [0, 0.05) is 6.04 Å². The van der Waals surface area contributed by atoms with Crippen LogP contribution in [0.25, 0.3) is 5.57 Å². The number of carbonyl (C=O) groups is 1. The largest absolute Gasteiger partial charge is 0.445 e. The van der Waals surface area contributed by atoms with Crippen molar-refractivity contribution in [3.05, 3.63) is 76.9 Å². The second-order valence-electron chi connectivity index (χ2n) is 7.79. The molecule has 1 saturated heterocycles. The third-order valence-electron chi connectivity index (χ3n) is 5.93. The lowest BCUT2D eigenvalue weighted by molar-refractivity contribution is 0.0510. The van der Waals surface area contributed by atoms with E-state index in [0.29, 0.717) is 6.61 Å². The van der Waals surface area contributed by atoms with Gasteiger partial charge in [-0.1, -0.05) is 54.6 Å². The molecule has 2 heterocycles. The molecule has 2 aliphatic heterocycles. The second kappa shape index (κ2) is 7.59. The Morgan fingerprint density at radius 3 is 2.63 bits per heavy atom. The van der Waals surface area contributed by atoms with Gasteiger partial charge in [0.05, 0.1) is 6.04 Å². The monoisotopic (exact) mass is 361 g/mol. The van der Waals surface area contributed by atoms with Crippen LogP contribution in [0.2, 0.25) is 0 Å². The fourth-order valence-corrected chi connectivity index (χ4v) is 4.26. The highest BCUT2D eigenvalue weighted by atomic mass is 16.6. The molecule has 2 aliphatic rings. The Bertz CT molecular complexity index is 856. The third kappa shape index (κ3) is 3.78. The van der Waals surface area contributed by atoms with Crippen LogP contribution in [0.5, 0.6) is 0 Å². The summed E-state index contributed by atoms with van der Waals surface area (Å²) in [6, 6.07) is 17.0. The summed E-state index contributed by atoms with van der Waals surface area (Å²) in [6.07, 6.45) is 6.28. The van der Waals surface area contributed by atoms with E-state index in [2.05, 4.69) is 38.1 Å². The fourth-order valence-electron chi connectivity index (χ4n) is 4.26. The van der Waals surface area contributed by atoms with Crippen LogP contribution in [0, 0.1) is 13.8 Å². The van der Waals surface area contributed by atoms with Crippen molar-refractivity contribution in [3.63, 3.8) is 0 Å². The minimum absolute atomic E-state index is 0.150. The Kier molecular flexibility index (Phi) is 5.02. The summed E-state index contributed by atoms with van der Waals surface area (Å²) in [5, 5.41) is 0. The van der Waals surface area contributed by atoms with Crippen molar-refractivity contribution >= 4 is 11.7 Å². The average molecular weight is 361 g/mol. The van der Waals surface area contributed by atoms with Crippen molar-refractivity contribution < 1.29 is 9.53 Å². The van der Waals surface area contributed by atoms with E-state index in [1.807, 2.05) is 35.2 Å². The van der Waals surface area contributed by atoms with Crippen LogP contribution in [-0.2, 0) is 11.3 Å². The zero-order valence-corrected chi connectivity index (χ0v) is 16.2. The van der Waals surface area contributed by atoms with E-state index >= 15 is 0 Å². The number of carbonyl (C=O) groups excluding carboxylic acids is 1. The van der Waals surface area contributed by atoms with Crippen LogP contribution >= 0.6 is 0 Å². The lowest BCUT2D eigenvalue weighted by atomic mass is 9.82. The molecule has 1 fully saturated rings. The molecule has 0 spiro atoms. The van der Waals surface area contributed by atoms with Crippen LogP contribution in [-0.4, -0.2) is 23.1 Å². The highest BCUT2D eigenvalue weighted by Gasteiger charge is 2.38. The van der Waals surface area contributed by atoms with Gasteiger partial charge < -0.3 is 4.74 Å². The molecule has 2 atom stereocenters. The van der Waals surface area contributed by atoms with Gasteiger partial charge in [0.2, 0.25) is 0 Å². The SMILES string of the molecule is Cc1ccc(C2=CC3CCCC(C2)N3C(=O)OCc2ccccc2)cc1C. The minimum atomic E-state index is -0.177. The van der Waals surface area contributed by atoms with E-state index in [1.165, 1.54) is 28.7 Å². The molecule has 2 unspecified atom stereocenters. The number of piperidine rings is 1. The smallest absolute Gasteiger partial charge is 0.410 e. The number of aryl methyl sites for hydroxylation is 2. The molecule has 140 valence electrons. The van der Waals surface area contributed by atoms with E-state index in [9.17, 15) is 4.79 Å². The minimum Gasteiger partial charge on any atom is -0.445 e. The zero-order valence-electron chi connectivity index (χ0n) is 16.2. The van der Waals surface area contributed by atoms with Crippen LogP contribution in [0.4, 0.5) is 4.79 Å². The van der Waals surface area contributed by atoms with Crippen molar-refractivity contribution in [3.8, 4) is 0 Å². The first-order valence-corrected chi connectivity index (χ1v) is 9.89. The zero-order chi connectivity index (χ0) is 18.8. The molecule has 2 aromatic carbocycles. The van der Waals surface area contributed by atoms with E-state index in [1.54, 1.807) is 0 Å². The van der Waals surface area contributed by atoms with Gasteiger partial charge >= 0.3 is 6.09 Å². The van der Waals surface area contributed by atoms with Gasteiger partial charge in [-0.3, -0.25) is 4.90 Å². The Balaban J connectivity index is 1.51. The summed E-state index contributed by atoms with van der Waals surface area (Å²) in [7, 11) is 0. The lowest BCUT2D eigenvalue weighted by Crippen LogP contribution is -2.51. The van der Waals surface area contributed by atoms with Gasteiger partial charge in [-0.25, -0.2) is 4.79 Å². The van der Waals surface area contributed by atoms with Gasteiger partial charge in [-0.15, -0.1) is 0 Å². The molecule has 0 aliphatic carbocycles. The predicted molar refractivity (Wildman–Crippen MR) is 108 cm³/mol. The summed E-state index contributed by atoms with van der Waals surface area (Å²) < 4.78 is 5.64. The molecule has 0 N–H and O–H groups in total. The van der Waals surface area contributed by atoms with Crippen LogP contribution in [0.15, 0.2) is 54.6 Å². The number of nitrogens with zero attached hydrogens (tertiary/aromatic N) is 1. The van der Waals surface area contributed by atoms with Gasteiger partial charge in [-0.05, 0) is 67.4 Å². The first-order valence-electron chi connectivity index (χ1n) is 9.89. The quantitative estimate of drug-likeness (QED) is 0.707. The summed E-state index contributed by atoms with van der Waals surface area (Å²) >= 11 is 0. The maximum Gasteiger partial charge on any atom is 0.410 e. The fraction of sp³-hybridized carbons (Fsp3) is 0.375. The van der Waals surface area contributed by atoms with Crippen molar-refractivity contribution in [2.75, 3.05) is 0 Å². The van der Waals surface area contributed by atoms with Crippen LogP contribution in [0.3, 0.4) is 0 Å². The summed E-state index contributed by atoms with van der Waals surface area (Å²) in [6.45, 7) is 4.65. The van der Waals surface area contributed by atoms with Gasteiger partial charge in [0.1, 0.15) is 6.61 Å². The molecule has 4 rings (SSSR count). The first kappa shape index (κ1) is 17.8. The van der Waals surface area contributed by atoms with Gasteiger partial charge in [0.15, 0.2) is 0 Å². The van der Waals surface area contributed by atoms with Gasteiger partial charge in [0.25, 0.3) is 0 Å². The van der Waals surface area contributed by atoms with E-state index < -0.39 is 0 Å². The third-order valence-corrected chi connectivity index (χ3v) is 5.93. The molecule has 2 aromatic rings. The summed E-state index contributed by atoms with van der Waals surface area (Å²) in [4.78, 5) is 14.8. The Hall–Kier alpha value is -2.55. The first-order chi connectivity index (χ1) is 13.1. The molecule has 0 radical (unpaired) electrons. The number of ether oxygens (including phenoxy) is 1. The normalized spacial score (nSPS) is 21.6. The van der Waals surface area contributed by atoms with Crippen LogP contribution in [0.1, 0.15) is 47.9 Å². The number of hydrogen-bond donors (Lipinski definition) is 0. The lowest BCUT2D eigenvalue weighted by Gasteiger charge is -2.44. The standard InChI is InChI=1S/C24H27NO2/c1-17-11-12-20(13-18(17)2)21-14-22-9-6-10-23(15-21)25(22)24(26)27-16-19-7-4-3-5-8-19/h3-5,7-8,11-14,22-23H,6,9-10,15-16H2,1-2H3. The summed E-state index contributed by atoms with van der Waals surface area (Å²) in [5.74, 6) is 0. The Morgan fingerprint density at radius 2 is 1.89 bits per heavy atom.